The van der Waals surface area contributed by atoms with Crippen LogP contribution in [0.2, 0.25) is 0 Å². The van der Waals surface area contributed by atoms with E-state index in [4.69, 9.17) is 5.73 Å². The lowest BCUT2D eigenvalue weighted by atomic mass is 10.1. The van der Waals surface area contributed by atoms with E-state index in [1.54, 1.807) is 22.8 Å². The minimum absolute atomic E-state index is 0.0294. The number of pyridine rings is 1. The van der Waals surface area contributed by atoms with Crippen LogP contribution in [0.5, 0.6) is 0 Å². The summed E-state index contributed by atoms with van der Waals surface area (Å²) in [6.07, 6.45) is 0.813. The Morgan fingerprint density at radius 3 is 2.38 bits per heavy atom. The smallest absolute Gasteiger partial charge is 0.269 e. The van der Waals surface area contributed by atoms with Crippen LogP contribution in [0.4, 0.5) is 5.69 Å². The molecule has 2 rings (SSSR count). The minimum atomic E-state index is -0.444. The molecule has 0 unspecified atom stereocenters. The Kier molecular flexibility index (Phi) is 4.49. The van der Waals surface area contributed by atoms with Gasteiger partial charge in [-0.2, -0.15) is 0 Å². The van der Waals surface area contributed by atoms with E-state index < -0.39 is 4.92 Å². The van der Waals surface area contributed by atoms with E-state index in [-0.39, 0.29) is 17.8 Å². The van der Waals surface area contributed by atoms with Gasteiger partial charge < -0.3 is 10.3 Å². The third kappa shape index (κ3) is 3.00. The van der Waals surface area contributed by atoms with Gasteiger partial charge in [0.15, 0.2) is 0 Å². The lowest BCUT2D eigenvalue weighted by Crippen LogP contribution is -2.26. The maximum atomic E-state index is 12.3. The van der Waals surface area contributed by atoms with Crippen molar-refractivity contribution in [3.8, 4) is 11.3 Å². The average molecular weight is 287 g/mol. The first-order chi connectivity index (χ1) is 10.1. The number of non-ortho nitro benzene ring substituents is 1. The van der Waals surface area contributed by atoms with Crippen molar-refractivity contribution >= 4 is 5.69 Å². The fraction of sp³-hybridized carbons (Fsp3) is 0.267. The third-order valence-corrected chi connectivity index (χ3v) is 3.29. The molecule has 21 heavy (non-hydrogen) atoms. The van der Waals surface area contributed by atoms with E-state index in [9.17, 15) is 14.9 Å². The van der Waals surface area contributed by atoms with Gasteiger partial charge in [-0.1, -0.05) is 13.0 Å². The normalized spacial score (nSPS) is 10.6. The van der Waals surface area contributed by atoms with Crippen LogP contribution < -0.4 is 11.3 Å². The van der Waals surface area contributed by atoms with Crippen molar-refractivity contribution < 1.29 is 4.92 Å². The highest BCUT2D eigenvalue weighted by Crippen LogP contribution is 2.22. The van der Waals surface area contributed by atoms with Gasteiger partial charge in [0.1, 0.15) is 0 Å². The zero-order chi connectivity index (χ0) is 15.4. The second-order valence-electron chi connectivity index (χ2n) is 4.71. The molecule has 0 spiro atoms. The van der Waals surface area contributed by atoms with Crippen LogP contribution >= 0.6 is 0 Å². The lowest BCUT2D eigenvalue weighted by Gasteiger charge is -2.13. The first-order valence-electron chi connectivity index (χ1n) is 6.76. The van der Waals surface area contributed by atoms with Gasteiger partial charge in [0, 0.05) is 30.8 Å². The zero-order valence-corrected chi connectivity index (χ0v) is 11.8. The number of benzene rings is 1. The molecule has 1 aromatic heterocycles. The van der Waals surface area contributed by atoms with E-state index in [2.05, 4.69) is 0 Å². The van der Waals surface area contributed by atoms with Gasteiger partial charge in [-0.25, -0.2) is 0 Å². The molecular weight excluding hydrogens is 270 g/mol. The van der Waals surface area contributed by atoms with Gasteiger partial charge in [-0.15, -0.1) is 0 Å². The molecule has 0 fully saturated rings. The van der Waals surface area contributed by atoms with Gasteiger partial charge in [-0.05, 0) is 30.2 Å². The Bertz CT molecular complexity index is 705. The number of rotatable bonds is 5. The fourth-order valence-electron chi connectivity index (χ4n) is 2.23. The molecule has 0 saturated heterocycles. The van der Waals surface area contributed by atoms with Crippen molar-refractivity contribution in [3.05, 3.63) is 62.4 Å². The predicted molar refractivity (Wildman–Crippen MR) is 81.0 cm³/mol. The number of nitrogens with two attached hydrogens (primary N) is 1. The van der Waals surface area contributed by atoms with E-state index >= 15 is 0 Å². The highest BCUT2D eigenvalue weighted by atomic mass is 16.6. The standard InChI is InChI=1S/C15H17N3O3/c1-2-9-17-14(8-5-12(10-16)15(17)19)11-3-6-13(7-4-11)18(20)21/h3-8H,2,9-10,16H2,1H3. The molecule has 6 nitrogen and oxygen atoms in total. The predicted octanol–water partition coefficient (Wildman–Crippen LogP) is 2.29. The molecule has 0 amide bonds. The molecule has 0 saturated carbocycles. The molecule has 0 atom stereocenters. The van der Waals surface area contributed by atoms with Gasteiger partial charge >= 0.3 is 0 Å². The van der Waals surface area contributed by atoms with Crippen molar-refractivity contribution in [2.75, 3.05) is 0 Å². The van der Waals surface area contributed by atoms with Gasteiger partial charge in [0.25, 0.3) is 11.2 Å². The maximum Gasteiger partial charge on any atom is 0.269 e. The molecular formula is C15H17N3O3. The highest BCUT2D eigenvalue weighted by molar-refractivity contribution is 5.61. The lowest BCUT2D eigenvalue weighted by molar-refractivity contribution is -0.384. The molecule has 1 heterocycles. The molecule has 6 heteroatoms. The van der Waals surface area contributed by atoms with Crippen molar-refractivity contribution in [3.63, 3.8) is 0 Å². The number of nitro benzene ring substituents is 1. The van der Waals surface area contributed by atoms with Gasteiger partial charge in [0.05, 0.1) is 10.6 Å². The molecule has 0 aliphatic rings. The topological polar surface area (TPSA) is 91.2 Å². The quantitative estimate of drug-likeness (QED) is 0.674. The Hall–Kier alpha value is -2.47. The van der Waals surface area contributed by atoms with Crippen molar-refractivity contribution in [2.45, 2.75) is 26.4 Å². The van der Waals surface area contributed by atoms with Crippen LogP contribution in [0, 0.1) is 10.1 Å². The molecule has 110 valence electrons. The summed E-state index contributed by atoms with van der Waals surface area (Å²) in [6.45, 7) is 2.77. The molecule has 0 radical (unpaired) electrons. The van der Waals surface area contributed by atoms with E-state index in [1.807, 2.05) is 13.0 Å². The van der Waals surface area contributed by atoms with Crippen molar-refractivity contribution in [1.29, 1.82) is 0 Å². The SMILES string of the molecule is CCCn1c(-c2ccc([N+](=O)[O-])cc2)ccc(CN)c1=O. The average Bonchev–Trinajstić information content (AvgIpc) is 2.49. The number of nitro groups is 1. The van der Waals surface area contributed by atoms with Crippen LogP contribution in [-0.4, -0.2) is 9.49 Å². The molecule has 0 aliphatic heterocycles. The number of nitrogens with zero attached hydrogens (tertiary/aromatic N) is 2. The summed E-state index contributed by atoms with van der Waals surface area (Å²) in [4.78, 5) is 22.6. The van der Waals surface area contributed by atoms with Crippen LogP contribution in [0.1, 0.15) is 18.9 Å². The molecule has 0 bridgehead atoms. The Balaban J connectivity index is 2.54. The third-order valence-electron chi connectivity index (χ3n) is 3.29. The molecule has 2 N–H and O–H groups in total. The van der Waals surface area contributed by atoms with E-state index in [1.165, 1.54) is 12.1 Å². The molecule has 1 aromatic carbocycles. The monoisotopic (exact) mass is 287 g/mol. The summed E-state index contributed by atoms with van der Waals surface area (Å²) in [5.41, 5.74) is 7.58. The van der Waals surface area contributed by atoms with E-state index in [0.717, 1.165) is 17.7 Å². The summed E-state index contributed by atoms with van der Waals surface area (Å²) in [6, 6.07) is 9.73. The summed E-state index contributed by atoms with van der Waals surface area (Å²) in [7, 11) is 0. The highest BCUT2D eigenvalue weighted by Gasteiger charge is 2.11. The number of hydrogen-bond acceptors (Lipinski definition) is 4. The summed E-state index contributed by atoms with van der Waals surface area (Å²) < 4.78 is 1.67. The minimum Gasteiger partial charge on any atom is -0.326 e. The Morgan fingerprint density at radius 2 is 1.86 bits per heavy atom. The van der Waals surface area contributed by atoms with Crippen LogP contribution in [0.15, 0.2) is 41.2 Å². The van der Waals surface area contributed by atoms with E-state index in [0.29, 0.717) is 12.1 Å². The number of aromatic nitrogens is 1. The molecule has 2 aromatic rings. The largest absolute Gasteiger partial charge is 0.326 e. The Labute approximate surface area is 122 Å². The first-order valence-corrected chi connectivity index (χ1v) is 6.76. The second-order valence-corrected chi connectivity index (χ2v) is 4.71. The summed E-state index contributed by atoms with van der Waals surface area (Å²) in [5.74, 6) is 0. The van der Waals surface area contributed by atoms with Gasteiger partial charge in [0.2, 0.25) is 0 Å². The maximum absolute atomic E-state index is 12.3. The van der Waals surface area contributed by atoms with Gasteiger partial charge in [-0.3, -0.25) is 14.9 Å². The zero-order valence-electron chi connectivity index (χ0n) is 11.8. The summed E-state index contributed by atoms with van der Waals surface area (Å²) in [5, 5.41) is 10.7. The first kappa shape index (κ1) is 14.9. The second kappa shape index (κ2) is 6.32. The Morgan fingerprint density at radius 1 is 1.19 bits per heavy atom. The summed E-state index contributed by atoms with van der Waals surface area (Å²) >= 11 is 0. The van der Waals surface area contributed by atoms with Crippen molar-refractivity contribution in [2.24, 2.45) is 5.73 Å². The van der Waals surface area contributed by atoms with Crippen molar-refractivity contribution in [1.82, 2.24) is 4.57 Å². The van der Waals surface area contributed by atoms with Crippen LogP contribution in [0.25, 0.3) is 11.3 Å². The molecule has 0 aliphatic carbocycles. The fourth-order valence-corrected chi connectivity index (χ4v) is 2.23. The van der Waals surface area contributed by atoms with Crippen LogP contribution in [0.3, 0.4) is 0 Å². The van der Waals surface area contributed by atoms with Crippen LogP contribution in [-0.2, 0) is 13.1 Å². The number of hydrogen-bond donors (Lipinski definition) is 1.